The summed E-state index contributed by atoms with van der Waals surface area (Å²) in [6.45, 7) is 12.7. The maximum atomic E-state index is 6.06. The van der Waals surface area contributed by atoms with Crippen LogP contribution in [0.15, 0.2) is 4.99 Å². The van der Waals surface area contributed by atoms with Crippen molar-refractivity contribution in [2.45, 2.75) is 65.9 Å². The van der Waals surface area contributed by atoms with Crippen molar-refractivity contribution in [2.75, 3.05) is 26.2 Å². The summed E-state index contributed by atoms with van der Waals surface area (Å²) in [6.07, 6.45) is 6.83. The molecule has 0 spiro atoms. The average molecular weight is 309 g/mol. The van der Waals surface area contributed by atoms with Crippen molar-refractivity contribution >= 4 is 5.96 Å². The van der Waals surface area contributed by atoms with E-state index >= 15 is 0 Å². The second kappa shape index (κ2) is 8.19. The van der Waals surface area contributed by atoms with E-state index in [4.69, 9.17) is 9.73 Å². The van der Waals surface area contributed by atoms with Crippen LogP contribution in [-0.4, -0.2) is 38.3 Å². The van der Waals surface area contributed by atoms with Crippen LogP contribution in [0, 0.1) is 17.3 Å². The highest BCUT2D eigenvalue weighted by molar-refractivity contribution is 5.79. The summed E-state index contributed by atoms with van der Waals surface area (Å²) in [4.78, 5) is 4.83. The van der Waals surface area contributed by atoms with Gasteiger partial charge in [-0.25, -0.2) is 0 Å². The molecule has 2 rings (SSSR count). The Morgan fingerprint density at radius 1 is 1.18 bits per heavy atom. The van der Waals surface area contributed by atoms with Gasteiger partial charge in [-0.05, 0) is 37.5 Å². The molecule has 0 bridgehead atoms. The summed E-state index contributed by atoms with van der Waals surface area (Å²) in [5, 5.41) is 6.85. The molecular weight excluding hydrogens is 274 g/mol. The highest BCUT2D eigenvalue weighted by Crippen LogP contribution is 2.34. The Labute approximate surface area is 136 Å². The van der Waals surface area contributed by atoms with Crippen molar-refractivity contribution in [3.63, 3.8) is 0 Å². The Morgan fingerprint density at radius 3 is 2.59 bits per heavy atom. The molecule has 0 aromatic rings. The Morgan fingerprint density at radius 2 is 1.95 bits per heavy atom. The van der Waals surface area contributed by atoms with Crippen LogP contribution >= 0.6 is 0 Å². The molecule has 2 fully saturated rings. The third-order valence-corrected chi connectivity index (χ3v) is 4.67. The molecule has 0 amide bonds. The molecule has 1 saturated heterocycles. The highest BCUT2D eigenvalue weighted by Gasteiger charge is 2.35. The highest BCUT2D eigenvalue weighted by atomic mass is 16.5. The van der Waals surface area contributed by atoms with Crippen LogP contribution in [0.4, 0.5) is 0 Å². The van der Waals surface area contributed by atoms with Crippen molar-refractivity contribution < 1.29 is 4.74 Å². The lowest BCUT2D eigenvalue weighted by Crippen LogP contribution is -2.43. The van der Waals surface area contributed by atoms with Gasteiger partial charge in [0.1, 0.15) is 0 Å². The van der Waals surface area contributed by atoms with Gasteiger partial charge in [-0.2, -0.15) is 0 Å². The van der Waals surface area contributed by atoms with Crippen LogP contribution in [-0.2, 0) is 4.74 Å². The number of aliphatic imine (C=N–C) groups is 1. The fourth-order valence-electron chi connectivity index (χ4n) is 3.34. The van der Waals surface area contributed by atoms with Gasteiger partial charge in [0, 0.05) is 32.2 Å². The van der Waals surface area contributed by atoms with E-state index in [1.54, 1.807) is 0 Å². The first-order valence-corrected chi connectivity index (χ1v) is 9.14. The van der Waals surface area contributed by atoms with Crippen LogP contribution in [0.2, 0.25) is 0 Å². The number of rotatable bonds is 6. The molecule has 2 unspecified atom stereocenters. The lowest BCUT2D eigenvalue weighted by Gasteiger charge is -2.39. The molecule has 4 heteroatoms. The molecule has 128 valence electrons. The number of nitrogens with zero attached hydrogens (tertiary/aromatic N) is 1. The zero-order chi connectivity index (χ0) is 16.0. The zero-order valence-electron chi connectivity index (χ0n) is 15.0. The van der Waals surface area contributed by atoms with Gasteiger partial charge in [-0.1, -0.05) is 33.6 Å². The molecular formula is C18H35N3O. The van der Waals surface area contributed by atoms with Gasteiger partial charge in [0.05, 0.1) is 6.10 Å². The summed E-state index contributed by atoms with van der Waals surface area (Å²) in [6, 6.07) is 0. The second-order valence-electron chi connectivity index (χ2n) is 7.94. The van der Waals surface area contributed by atoms with Gasteiger partial charge in [-0.3, -0.25) is 4.99 Å². The number of hydrogen-bond acceptors (Lipinski definition) is 2. The predicted molar refractivity (Wildman–Crippen MR) is 93.2 cm³/mol. The van der Waals surface area contributed by atoms with E-state index in [0.717, 1.165) is 38.1 Å². The quantitative estimate of drug-likeness (QED) is 0.585. The van der Waals surface area contributed by atoms with Crippen LogP contribution < -0.4 is 10.6 Å². The number of guanidine groups is 1. The molecule has 2 N–H and O–H groups in total. The number of nitrogens with one attached hydrogen (secondary N) is 2. The van der Waals surface area contributed by atoms with E-state index in [1.807, 2.05) is 0 Å². The first kappa shape index (κ1) is 17.6. The molecule has 1 aliphatic carbocycles. The molecule has 1 saturated carbocycles. The smallest absolute Gasteiger partial charge is 0.191 e. The van der Waals surface area contributed by atoms with Crippen molar-refractivity contribution in [1.29, 1.82) is 0 Å². The number of hydrogen-bond donors (Lipinski definition) is 2. The molecule has 0 aromatic carbocycles. The summed E-state index contributed by atoms with van der Waals surface area (Å²) in [5.41, 5.74) is 0.193. The normalized spacial score (nSPS) is 26.8. The maximum absolute atomic E-state index is 6.06. The van der Waals surface area contributed by atoms with Crippen molar-refractivity contribution in [1.82, 2.24) is 10.6 Å². The van der Waals surface area contributed by atoms with Gasteiger partial charge in [-0.15, -0.1) is 0 Å². The van der Waals surface area contributed by atoms with E-state index < -0.39 is 0 Å². The molecule has 22 heavy (non-hydrogen) atoms. The minimum atomic E-state index is 0.193. The van der Waals surface area contributed by atoms with Crippen LogP contribution in [0.5, 0.6) is 0 Å². The van der Waals surface area contributed by atoms with Gasteiger partial charge >= 0.3 is 0 Å². The lowest BCUT2D eigenvalue weighted by molar-refractivity contribution is -0.0823. The van der Waals surface area contributed by atoms with Gasteiger partial charge in [0.2, 0.25) is 0 Å². The third kappa shape index (κ3) is 5.79. The molecule has 2 aliphatic rings. The fourth-order valence-corrected chi connectivity index (χ4v) is 3.34. The predicted octanol–water partition coefficient (Wildman–Crippen LogP) is 3.18. The van der Waals surface area contributed by atoms with E-state index in [9.17, 15) is 0 Å². The zero-order valence-corrected chi connectivity index (χ0v) is 15.0. The molecule has 1 aliphatic heterocycles. The van der Waals surface area contributed by atoms with E-state index in [2.05, 4.69) is 38.3 Å². The second-order valence-corrected chi connectivity index (χ2v) is 7.94. The molecule has 1 heterocycles. The largest absolute Gasteiger partial charge is 0.377 e. The first-order chi connectivity index (χ1) is 10.5. The van der Waals surface area contributed by atoms with E-state index in [1.165, 1.54) is 32.1 Å². The summed E-state index contributed by atoms with van der Waals surface area (Å²) < 4.78 is 6.06. The molecule has 2 atom stereocenters. The van der Waals surface area contributed by atoms with Crippen LogP contribution in [0.3, 0.4) is 0 Å². The third-order valence-electron chi connectivity index (χ3n) is 4.67. The van der Waals surface area contributed by atoms with E-state index in [-0.39, 0.29) is 5.41 Å². The van der Waals surface area contributed by atoms with Gasteiger partial charge < -0.3 is 15.4 Å². The molecule has 4 nitrogen and oxygen atoms in total. The van der Waals surface area contributed by atoms with E-state index in [0.29, 0.717) is 12.0 Å². The Bertz CT molecular complexity index is 358. The van der Waals surface area contributed by atoms with Crippen molar-refractivity contribution in [2.24, 2.45) is 22.2 Å². The van der Waals surface area contributed by atoms with Crippen molar-refractivity contribution in [3.05, 3.63) is 0 Å². The lowest BCUT2D eigenvalue weighted by atomic mass is 9.78. The minimum Gasteiger partial charge on any atom is -0.377 e. The number of ether oxygens (including phenoxy) is 1. The topological polar surface area (TPSA) is 45.7 Å². The van der Waals surface area contributed by atoms with Crippen LogP contribution in [0.25, 0.3) is 0 Å². The molecule has 0 aromatic heterocycles. The van der Waals surface area contributed by atoms with Gasteiger partial charge in [0.15, 0.2) is 5.96 Å². The standard InChI is InChI=1S/C18H35N3O/c1-5-19-17(20-11-10-14-8-9-14)21-13-15-7-6-12-22-16(15)18(2,3)4/h14-16H,5-13H2,1-4H3,(H2,19,20,21). The SMILES string of the molecule is CCNC(=NCC1CCCOC1C(C)(C)C)NCCC1CC1. The fraction of sp³-hybridized carbons (Fsp3) is 0.944. The monoisotopic (exact) mass is 309 g/mol. The summed E-state index contributed by atoms with van der Waals surface area (Å²) in [7, 11) is 0. The minimum absolute atomic E-state index is 0.193. The van der Waals surface area contributed by atoms with Crippen molar-refractivity contribution in [3.8, 4) is 0 Å². The first-order valence-electron chi connectivity index (χ1n) is 9.14. The summed E-state index contributed by atoms with van der Waals surface area (Å²) >= 11 is 0. The Hall–Kier alpha value is -0.770. The van der Waals surface area contributed by atoms with Gasteiger partial charge in [0.25, 0.3) is 0 Å². The maximum Gasteiger partial charge on any atom is 0.191 e. The Kier molecular flexibility index (Phi) is 6.54. The van der Waals surface area contributed by atoms with Crippen LogP contribution in [0.1, 0.15) is 59.8 Å². The summed E-state index contributed by atoms with van der Waals surface area (Å²) in [5.74, 6) is 2.47. The molecule has 0 radical (unpaired) electrons. The average Bonchev–Trinajstić information content (AvgIpc) is 3.28. The Balaban J connectivity index is 1.85.